The van der Waals surface area contributed by atoms with E-state index >= 15 is 0 Å². The van der Waals surface area contributed by atoms with Gasteiger partial charge in [-0.2, -0.15) is 0 Å². The molecule has 0 saturated carbocycles. The van der Waals surface area contributed by atoms with Crippen LogP contribution in [0.5, 0.6) is 0 Å². The first-order chi connectivity index (χ1) is 13.4. The van der Waals surface area contributed by atoms with Crippen molar-refractivity contribution >= 4 is 24.9 Å². The van der Waals surface area contributed by atoms with Crippen molar-refractivity contribution < 1.29 is 13.6 Å². The molecule has 28 heavy (non-hydrogen) atoms. The summed E-state index contributed by atoms with van der Waals surface area (Å²) in [5, 5.41) is 0. The molecule has 0 aliphatic rings. The highest BCUT2D eigenvalue weighted by Crippen LogP contribution is 2.67. The summed E-state index contributed by atoms with van der Waals surface area (Å²) >= 11 is 1.51. The number of aromatic nitrogens is 1. The zero-order chi connectivity index (χ0) is 20.3. The van der Waals surface area contributed by atoms with E-state index in [2.05, 4.69) is 28.7 Å². The molecule has 0 saturated heterocycles. The van der Waals surface area contributed by atoms with Crippen molar-refractivity contribution in [1.82, 2.24) is 4.40 Å². The van der Waals surface area contributed by atoms with Gasteiger partial charge in [-0.3, -0.25) is 4.57 Å². The maximum Gasteiger partial charge on any atom is 0.349 e. The number of rotatable bonds is 8. The number of fused-ring (bicyclic) bond motifs is 1. The second-order valence-electron chi connectivity index (χ2n) is 7.24. The third-order valence-electron chi connectivity index (χ3n) is 4.26. The smallest absolute Gasteiger partial charge is 0.318 e. The Morgan fingerprint density at radius 2 is 1.54 bits per heavy atom. The van der Waals surface area contributed by atoms with Crippen molar-refractivity contribution in [3.05, 3.63) is 66.5 Å². The number of pyridine rings is 1. The second-order valence-corrected chi connectivity index (χ2v) is 10.6. The van der Waals surface area contributed by atoms with Gasteiger partial charge in [0.05, 0.1) is 17.9 Å². The number of hydrogen-bond donors (Lipinski definition) is 0. The van der Waals surface area contributed by atoms with Crippen LogP contribution >= 0.6 is 19.4 Å². The molecule has 0 amide bonds. The van der Waals surface area contributed by atoms with E-state index < -0.39 is 12.6 Å². The van der Waals surface area contributed by atoms with Crippen LogP contribution in [0.4, 0.5) is 0 Å². The molecule has 0 radical (unpaired) electrons. The van der Waals surface area contributed by atoms with Crippen LogP contribution in [0.1, 0.15) is 38.4 Å². The largest absolute Gasteiger partial charge is 0.349 e. The molecule has 0 aliphatic heterocycles. The Morgan fingerprint density at radius 1 is 0.929 bits per heavy atom. The van der Waals surface area contributed by atoms with Gasteiger partial charge in [0.15, 0.2) is 0 Å². The van der Waals surface area contributed by atoms with E-state index in [9.17, 15) is 4.57 Å². The van der Waals surface area contributed by atoms with Gasteiger partial charge in [0, 0.05) is 17.3 Å². The summed E-state index contributed by atoms with van der Waals surface area (Å²) in [7, 11) is -3.44. The summed E-state index contributed by atoms with van der Waals surface area (Å²) in [6.45, 7) is 7.56. The normalized spacial score (nSPS) is 13.5. The summed E-state index contributed by atoms with van der Waals surface area (Å²) in [6.07, 6.45) is 3.56. The van der Waals surface area contributed by atoms with E-state index in [0.29, 0.717) is 0 Å². The van der Waals surface area contributed by atoms with Crippen LogP contribution < -0.4 is 0 Å². The second kappa shape index (κ2) is 8.87. The van der Waals surface area contributed by atoms with Gasteiger partial charge < -0.3 is 13.4 Å². The Morgan fingerprint density at radius 3 is 2.11 bits per heavy atom. The average molecular weight is 418 g/mol. The number of thioether (sulfide) groups is 1. The Kier molecular flexibility index (Phi) is 6.72. The van der Waals surface area contributed by atoms with Gasteiger partial charge in [-0.15, -0.1) is 11.8 Å². The molecule has 2 aromatic heterocycles. The highest BCUT2D eigenvalue weighted by atomic mass is 32.2. The van der Waals surface area contributed by atoms with Gasteiger partial charge in [0.25, 0.3) is 0 Å². The Hall–Kier alpha value is -1.52. The van der Waals surface area contributed by atoms with E-state index in [1.165, 1.54) is 11.8 Å². The van der Waals surface area contributed by atoms with Gasteiger partial charge in [-0.1, -0.05) is 36.4 Å². The molecular formula is C22H28NO3PS. The highest BCUT2D eigenvalue weighted by molar-refractivity contribution is 8.04. The lowest BCUT2D eigenvalue weighted by Crippen LogP contribution is -2.13. The van der Waals surface area contributed by atoms with Crippen molar-refractivity contribution in [1.29, 1.82) is 0 Å². The zero-order valence-corrected chi connectivity index (χ0v) is 18.7. The minimum atomic E-state index is -3.44. The van der Waals surface area contributed by atoms with E-state index in [-0.39, 0.29) is 12.2 Å². The minimum Gasteiger partial charge on any atom is -0.318 e. The van der Waals surface area contributed by atoms with Crippen LogP contribution in [0.15, 0.2) is 60.8 Å². The first-order valence-corrected chi connectivity index (χ1v) is 12.4. The fourth-order valence-corrected chi connectivity index (χ4v) is 7.16. The van der Waals surface area contributed by atoms with Gasteiger partial charge in [0.2, 0.25) is 0 Å². The zero-order valence-electron chi connectivity index (χ0n) is 17.0. The van der Waals surface area contributed by atoms with Crippen LogP contribution in [0.3, 0.4) is 0 Å². The summed E-state index contributed by atoms with van der Waals surface area (Å²) in [4.78, 5) is -0.447. The summed E-state index contributed by atoms with van der Waals surface area (Å²) in [6, 6.07) is 18.4. The fraction of sp³-hybridized carbons (Fsp3) is 0.364. The molecule has 0 fully saturated rings. The summed E-state index contributed by atoms with van der Waals surface area (Å²) in [5.41, 5.74) is 4.13. The first kappa shape index (κ1) is 21.2. The molecule has 6 heteroatoms. The topological polar surface area (TPSA) is 39.9 Å². The number of benzene rings is 1. The van der Waals surface area contributed by atoms with Crippen LogP contribution in [-0.4, -0.2) is 22.9 Å². The molecule has 1 aromatic carbocycles. The molecule has 1 unspecified atom stereocenters. The minimum absolute atomic E-state index is 0.203. The van der Waals surface area contributed by atoms with Crippen molar-refractivity contribution in [3.8, 4) is 11.1 Å². The fourth-order valence-electron chi connectivity index (χ4n) is 3.36. The average Bonchev–Trinajstić information content (AvgIpc) is 3.01. The lowest BCUT2D eigenvalue weighted by molar-refractivity contribution is 0.141. The quantitative estimate of drug-likeness (QED) is 0.370. The van der Waals surface area contributed by atoms with Gasteiger partial charge in [0.1, 0.15) is 4.99 Å². The Balaban J connectivity index is 2.25. The molecule has 3 aromatic rings. The Labute approximate surface area is 171 Å². The van der Waals surface area contributed by atoms with E-state index in [1.807, 2.05) is 70.5 Å². The standard InChI is InChI=1S/C22H28NO3PS/c1-16(2)25-27(24,26-17(3)4)22(28-5)21-20(18-11-7-6-8-12-18)15-19-13-9-10-14-23(19)21/h6-17,22H,1-5H3. The predicted octanol–water partition coefficient (Wildman–Crippen LogP) is 7.01. The molecule has 1 atom stereocenters. The van der Waals surface area contributed by atoms with E-state index in [1.54, 1.807) is 0 Å². The SMILES string of the molecule is CSC(c1c(-c2ccccc2)cc2ccccn12)P(=O)(OC(C)C)OC(C)C. The van der Waals surface area contributed by atoms with Crippen molar-refractivity contribution in [2.75, 3.05) is 6.26 Å². The maximum absolute atomic E-state index is 14.0. The van der Waals surface area contributed by atoms with Crippen LogP contribution in [0.2, 0.25) is 0 Å². The van der Waals surface area contributed by atoms with Crippen LogP contribution in [0, 0.1) is 0 Å². The monoisotopic (exact) mass is 417 g/mol. The van der Waals surface area contributed by atoms with Crippen molar-refractivity contribution in [2.45, 2.75) is 44.9 Å². The molecule has 0 aliphatic carbocycles. The molecule has 150 valence electrons. The number of hydrogen-bond acceptors (Lipinski definition) is 4. The van der Waals surface area contributed by atoms with E-state index in [4.69, 9.17) is 9.05 Å². The lowest BCUT2D eigenvalue weighted by atomic mass is 10.1. The molecule has 0 spiro atoms. The van der Waals surface area contributed by atoms with Crippen LogP contribution in [0.25, 0.3) is 16.6 Å². The lowest BCUT2D eigenvalue weighted by Gasteiger charge is -2.29. The van der Waals surface area contributed by atoms with Gasteiger partial charge in [-0.25, -0.2) is 0 Å². The maximum atomic E-state index is 14.0. The number of nitrogens with zero attached hydrogens (tertiary/aromatic N) is 1. The predicted molar refractivity (Wildman–Crippen MR) is 119 cm³/mol. The molecule has 3 rings (SSSR count). The Bertz CT molecular complexity index is 954. The van der Waals surface area contributed by atoms with Gasteiger partial charge >= 0.3 is 7.60 Å². The van der Waals surface area contributed by atoms with E-state index in [0.717, 1.165) is 22.3 Å². The third-order valence-corrected chi connectivity index (χ3v) is 8.59. The third kappa shape index (κ3) is 4.38. The molecule has 2 heterocycles. The van der Waals surface area contributed by atoms with Crippen molar-refractivity contribution in [3.63, 3.8) is 0 Å². The highest BCUT2D eigenvalue weighted by Gasteiger charge is 2.41. The first-order valence-electron chi connectivity index (χ1n) is 9.50. The molecule has 4 nitrogen and oxygen atoms in total. The van der Waals surface area contributed by atoms with Crippen LogP contribution in [-0.2, 0) is 13.6 Å². The molecular weight excluding hydrogens is 389 g/mol. The summed E-state index contributed by atoms with van der Waals surface area (Å²) < 4.78 is 28.0. The molecule has 0 bridgehead atoms. The molecule has 0 N–H and O–H groups in total. The van der Waals surface area contributed by atoms with Gasteiger partial charge in [-0.05, 0) is 57.7 Å². The summed E-state index contributed by atoms with van der Waals surface area (Å²) in [5.74, 6) is 0. The van der Waals surface area contributed by atoms with Crippen molar-refractivity contribution in [2.24, 2.45) is 0 Å².